The third kappa shape index (κ3) is 2.10. The van der Waals surface area contributed by atoms with Crippen molar-refractivity contribution in [1.82, 2.24) is 4.98 Å². The van der Waals surface area contributed by atoms with E-state index >= 15 is 0 Å². The maximum absolute atomic E-state index is 12.9. The van der Waals surface area contributed by atoms with Crippen molar-refractivity contribution < 1.29 is 4.39 Å². The molecule has 0 aliphatic rings. The molecule has 1 heterocycles. The molecule has 0 saturated carbocycles. The number of anilines is 1. The van der Waals surface area contributed by atoms with Crippen LogP contribution in [0.15, 0.2) is 10.7 Å². The second-order valence-electron chi connectivity index (χ2n) is 2.24. The van der Waals surface area contributed by atoms with Gasteiger partial charge in [-0.3, -0.25) is 0 Å². The van der Waals surface area contributed by atoms with Crippen molar-refractivity contribution in [1.29, 1.82) is 0 Å². The molecule has 0 saturated heterocycles. The number of nitrogens with two attached hydrogens (primary N) is 1. The molecule has 0 fully saturated rings. The first-order valence-corrected chi connectivity index (χ1v) is 5.43. The molecule has 0 atom stereocenters. The average Bonchev–Trinajstić information content (AvgIpc) is 2.01. The largest absolute Gasteiger partial charge is 0.383 e. The Morgan fingerprint density at radius 2 is 2.42 bits per heavy atom. The Hall–Kier alpha value is -0.290. The van der Waals surface area contributed by atoms with Gasteiger partial charge in [0.2, 0.25) is 0 Å². The number of aromatic nitrogens is 1. The molecule has 66 valence electrons. The highest BCUT2D eigenvalue weighted by atomic mass is 79.9. The van der Waals surface area contributed by atoms with E-state index in [4.69, 9.17) is 5.73 Å². The number of hydrogen-bond acceptors (Lipinski definition) is 3. The van der Waals surface area contributed by atoms with Gasteiger partial charge in [0.15, 0.2) is 5.82 Å². The van der Waals surface area contributed by atoms with E-state index in [2.05, 4.69) is 20.9 Å². The molecular formula is C7H8BrFN2S. The standard InChI is InChI=1S/C7H8BrFN2S/c1-12-3-4-2-5(9)6(8)11-7(4)10/h2H,3H2,1H3,(H2,10,11). The SMILES string of the molecule is CSCc1cc(F)c(Br)nc1N. The van der Waals surface area contributed by atoms with Gasteiger partial charge < -0.3 is 5.73 Å². The van der Waals surface area contributed by atoms with E-state index in [0.717, 1.165) is 5.56 Å². The predicted molar refractivity (Wildman–Crippen MR) is 53.5 cm³/mol. The van der Waals surface area contributed by atoms with Crippen LogP contribution in [0, 0.1) is 5.82 Å². The number of thioether (sulfide) groups is 1. The smallest absolute Gasteiger partial charge is 0.156 e. The minimum Gasteiger partial charge on any atom is -0.383 e. The summed E-state index contributed by atoms with van der Waals surface area (Å²) in [7, 11) is 0. The summed E-state index contributed by atoms with van der Waals surface area (Å²) >= 11 is 4.54. The summed E-state index contributed by atoms with van der Waals surface area (Å²) in [5.74, 6) is 0.703. The van der Waals surface area contributed by atoms with E-state index in [1.54, 1.807) is 11.8 Å². The Morgan fingerprint density at radius 1 is 1.75 bits per heavy atom. The van der Waals surface area contributed by atoms with Crippen molar-refractivity contribution in [3.05, 3.63) is 22.1 Å². The van der Waals surface area contributed by atoms with Crippen molar-refractivity contribution in [3.63, 3.8) is 0 Å². The molecule has 1 aromatic heterocycles. The van der Waals surface area contributed by atoms with Gasteiger partial charge in [-0.1, -0.05) is 0 Å². The predicted octanol–water partition coefficient (Wildman–Crippen LogP) is 2.43. The lowest BCUT2D eigenvalue weighted by molar-refractivity contribution is 0.612. The fraction of sp³-hybridized carbons (Fsp3) is 0.286. The molecule has 0 aromatic carbocycles. The first-order valence-electron chi connectivity index (χ1n) is 3.24. The normalized spacial score (nSPS) is 10.2. The molecule has 0 aliphatic carbocycles. The lowest BCUT2D eigenvalue weighted by atomic mass is 10.3. The lowest BCUT2D eigenvalue weighted by Crippen LogP contribution is -1.98. The summed E-state index contributed by atoms with van der Waals surface area (Å²) in [5.41, 5.74) is 6.29. The van der Waals surface area contributed by atoms with E-state index in [0.29, 0.717) is 11.6 Å². The Morgan fingerprint density at radius 3 is 3.00 bits per heavy atom. The summed E-state index contributed by atoms with van der Waals surface area (Å²) in [5, 5.41) is 0. The zero-order valence-corrected chi connectivity index (χ0v) is 8.88. The summed E-state index contributed by atoms with van der Waals surface area (Å²) < 4.78 is 13.1. The zero-order chi connectivity index (χ0) is 9.14. The van der Waals surface area contributed by atoms with Gasteiger partial charge in [0.25, 0.3) is 0 Å². The van der Waals surface area contributed by atoms with Crippen LogP contribution in [0.3, 0.4) is 0 Å². The third-order valence-corrected chi connectivity index (χ3v) is 2.50. The zero-order valence-electron chi connectivity index (χ0n) is 6.47. The van der Waals surface area contributed by atoms with Crippen molar-refractivity contribution in [3.8, 4) is 0 Å². The fourth-order valence-corrected chi connectivity index (χ4v) is 1.64. The Labute approximate surface area is 82.9 Å². The molecule has 0 radical (unpaired) electrons. The van der Waals surface area contributed by atoms with Gasteiger partial charge in [0.1, 0.15) is 10.4 Å². The number of nitrogens with zero attached hydrogens (tertiary/aromatic N) is 1. The van der Waals surface area contributed by atoms with Crippen LogP contribution < -0.4 is 5.73 Å². The summed E-state index contributed by atoms with van der Waals surface area (Å²) in [6.07, 6.45) is 1.93. The lowest BCUT2D eigenvalue weighted by Gasteiger charge is -2.03. The third-order valence-electron chi connectivity index (χ3n) is 1.35. The van der Waals surface area contributed by atoms with Crippen LogP contribution in [-0.4, -0.2) is 11.2 Å². The molecule has 0 spiro atoms. The van der Waals surface area contributed by atoms with E-state index in [1.807, 2.05) is 6.26 Å². The first kappa shape index (κ1) is 9.80. The van der Waals surface area contributed by atoms with Gasteiger partial charge in [-0.15, -0.1) is 0 Å². The number of rotatable bonds is 2. The number of halogens is 2. The van der Waals surface area contributed by atoms with E-state index < -0.39 is 0 Å². The van der Waals surface area contributed by atoms with Crippen LogP contribution in [0.1, 0.15) is 5.56 Å². The fourth-order valence-electron chi connectivity index (χ4n) is 0.789. The molecule has 12 heavy (non-hydrogen) atoms. The molecular weight excluding hydrogens is 243 g/mol. The van der Waals surface area contributed by atoms with Crippen LogP contribution in [-0.2, 0) is 5.75 Å². The molecule has 0 unspecified atom stereocenters. The van der Waals surface area contributed by atoms with Gasteiger partial charge in [-0.2, -0.15) is 11.8 Å². The van der Waals surface area contributed by atoms with Crippen LogP contribution in [0.4, 0.5) is 10.2 Å². The first-order chi connectivity index (χ1) is 5.65. The van der Waals surface area contributed by atoms with Crippen molar-refractivity contribution in [2.75, 3.05) is 12.0 Å². The highest BCUT2D eigenvalue weighted by molar-refractivity contribution is 9.10. The maximum atomic E-state index is 12.9. The van der Waals surface area contributed by atoms with Crippen LogP contribution >= 0.6 is 27.7 Å². The molecule has 2 nitrogen and oxygen atoms in total. The summed E-state index contributed by atoms with van der Waals surface area (Å²) in [6, 6.07) is 1.41. The van der Waals surface area contributed by atoms with E-state index in [9.17, 15) is 4.39 Å². The molecule has 5 heteroatoms. The maximum Gasteiger partial charge on any atom is 0.156 e. The van der Waals surface area contributed by atoms with E-state index in [-0.39, 0.29) is 10.4 Å². The van der Waals surface area contributed by atoms with Gasteiger partial charge >= 0.3 is 0 Å². The Bertz CT molecular complexity index is 293. The molecule has 0 amide bonds. The second-order valence-corrected chi connectivity index (χ2v) is 3.86. The van der Waals surface area contributed by atoms with Crippen molar-refractivity contribution in [2.45, 2.75) is 5.75 Å². The van der Waals surface area contributed by atoms with Crippen LogP contribution in [0.25, 0.3) is 0 Å². The van der Waals surface area contributed by atoms with Gasteiger partial charge in [-0.25, -0.2) is 9.37 Å². The summed E-state index contributed by atoms with van der Waals surface area (Å²) in [4.78, 5) is 3.80. The van der Waals surface area contributed by atoms with Gasteiger partial charge in [0.05, 0.1) is 0 Å². The monoisotopic (exact) mass is 250 g/mol. The number of nitrogen functional groups attached to an aromatic ring is 1. The Balaban J connectivity index is 3.05. The van der Waals surface area contributed by atoms with Crippen LogP contribution in [0.5, 0.6) is 0 Å². The van der Waals surface area contributed by atoms with Crippen LogP contribution in [0.2, 0.25) is 0 Å². The van der Waals surface area contributed by atoms with Gasteiger partial charge in [-0.05, 0) is 28.3 Å². The van der Waals surface area contributed by atoms with Gasteiger partial charge in [0, 0.05) is 11.3 Å². The quantitative estimate of drug-likeness (QED) is 0.820. The molecule has 1 rings (SSSR count). The van der Waals surface area contributed by atoms with Crippen molar-refractivity contribution >= 4 is 33.5 Å². The minimum atomic E-state index is -0.367. The highest BCUT2D eigenvalue weighted by Gasteiger charge is 2.06. The molecule has 0 bridgehead atoms. The average molecular weight is 251 g/mol. The van der Waals surface area contributed by atoms with E-state index in [1.165, 1.54) is 6.07 Å². The summed E-state index contributed by atoms with van der Waals surface area (Å²) in [6.45, 7) is 0. The van der Waals surface area contributed by atoms with Crippen molar-refractivity contribution in [2.24, 2.45) is 0 Å². The number of hydrogen-bond donors (Lipinski definition) is 1. The minimum absolute atomic E-state index is 0.171. The second kappa shape index (κ2) is 4.09. The number of pyridine rings is 1. The highest BCUT2D eigenvalue weighted by Crippen LogP contribution is 2.21. The Kier molecular flexibility index (Phi) is 3.34. The molecule has 2 N–H and O–H groups in total. The topological polar surface area (TPSA) is 38.9 Å². The molecule has 1 aromatic rings. The molecule has 0 aliphatic heterocycles.